The molecular formula is C14H15BrN2S. The number of halogens is 1. The van der Waals surface area contributed by atoms with E-state index in [1.807, 2.05) is 0 Å². The van der Waals surface area contributed by atoms with E-state index in [2.05, 4.69) is 50.9 Å². The molecule has 0 radical (unpaired) electrons. The Morgan fingerprint density at radius 2 is 2.17 bits per heavy atom. The van der Waals surface area contributed by atoms with E-state index in [1.54, 1.807) is 11.3 Å². The molecule has 2 heterocycles. The van der Waals surface area contributed by atoms with Gasteiger partial charge >= 0.3 is 0 Å². The lowest BCUT2D eigenvalue weighted by Crippen LogP contribution is -2.23. The highest BCUT2D eigenvalue weighted by molar-refractivity contribution is 9.10. The molecule has 1 aromatic carbocycles. The Bertz CT molecular complexity index is 515. The Morgan fingerprint density at radius 1 is 1.33 bits per heavy atom. The fourth-order valence-electron chi connectivity index (χ4n) is 2.31. The Balaban J connectivity index is 1.74. The topological polar surface area (TPSA) is 24.9 Å². The van der Waals surface area contributed by atoms with Crippen molar-refractivity contribution in [3.05, 3.63) is 39.8 Å². The zero-order chi connectivity index (χ0) is 12.4. The third-order valence-electron chi connectivity index (χ3n) is 3.26. The average Bonchev–Trinajstić information content (AvgIpc) is 3.02. The van der Waals surface area contributed by atoms with Gasteiger partial charge in [0.15, 0.2) is 0 Å². The summed E-state index contributed by atoms with van der Waals surface area (Å²) >= 11 is 5.19. The predicted octanol–water partition coefficient (Wildman–Crippen LogP) is 3.87. The Hall–Kier alpha value is -0.710. The van der Waals surface area contributed by atoms with Crippen molar-refractivity contribution >= 4 is 27.3 Å². The number of thiazole rings is 1. The SMILES string of the molecule is Brc1ccc(-c2nc(CC3CCCN3)cs2)cc1. The molecule has 2 nitrogen and oxygen atoms in total. The maximum Gasteiger partial charge on any atom is 0.123 e. The van der Waals surface area contributed by atoms with Crippen LogP contribution in [-0.2, 0) is 6.42 Å². The Kier molecular flexibility index (Phi) is 3.77. The summed E-state index contributed by atoms with van der Waals surface area (Å²) in [5.74, 6) is 0. The van der Waals surface area contributed by atoms with Crippen LogP contribution in [-0.4, -0.2) is 17.6 Å². The van der Waals surface area contributed by atoms with Crippen LogP contribution in [0.15, 0.2) is 34.1 Å². The molecule has 0 bridgehead atoms. The lowest BCUT2D eigenvalue weighted by atomic mass is 10.1. The van der Waals surface area contributed by atoms with Crippen LogP contribution in [0.5, 0.6) is 0 Å². The summed E-state index contributed by atoms with van der Waals surface area (Å²) in [7, 11) is 0. The van der Waals surface area contributed by atoms with Crippen molar-refractivity contribution in [1.29, 1.82) is 0 Å². The fraction of sp³-hybridized carbons (Fsp3) is 0.357. The maximum absolute atomic E-state index is 4.74. The number of rotatable bonds is 3. The molecule has 2 aromatic rings. The number of hydrogen-bond donors (Lipinski definition) is 1. The van der Waals surface area contributed by atoms with Crippen molar-refractivity contribution in [2.75, 3.05) is 6.54 Å². The van der Waals surface area contributed by atoms with E-state index in [9.17, 15) is 0 Å². The Morgan fingerprint density at radius 3 is 2.89 bits per heavy atom. The molecular weight excluding hydrogens is 308 g/mol. The quantitative estimate of drug-likeness (QED) is 0.927. The van der Waals surface area contributed by atoms with Gasteiger partial charge in [0.2, 0.25) is 0 Å². The molecule has 1 aliphatic heterocycles. The van der Waals surface area contributed by atoms with Gasteiger partial charge in [-0.2, -0.15) is 0 Å². The maximum atomic E-state index is 4.74. The minimum Gasteiger partial charge on any atom is -0.314 e. The van der Waals surface area contributed by atoms with Crippen LogP contribution in [0.25, 0.3) is 10.6 Å². The van der Waals surface area contributed by atoms with Crippen LogP contribution in [0.4, 0.5) is 0 Å². The first-order valence-corrected chi connectivity index (χ1v) is 7.92. The van der Waals surface area contributed by atoms with E-state index in [4.69, 9.17) is 4.98 Å². The fourth-order valence-corrected chi connectivity index (χ4v) is 3.41. The molecule has 18 heavy (non-hydrogen) atoms. The van der Waals surface area contributed by atoms with E-state index >= 15 is 0 Å². The lowest BCUT2D eigenvalue weighted by Gasteiger charge is -2.06. The van der Waals surface area contributed by atoms with Gasteiger partial charge in [-0.15, -0.1) is 11.3 Å². The second kappa shape index (κ2) is 5.51. The third-order valence-corrected chi connectivity index (χ3v) is 4.73. The summed E-state index contributed by atoms with van der Waals surface area (Å²) < 4.78 is 1.11. The molecule has 0 amide bonds. The van der Waals surface area contributed by atoms with Crippen molar-refractivity contribution < 1.29 is 0 Å². The minimum atomic E-state index is 0.630. The lowest BCUT2D eigenvalue weighted by molar-refractivity contribution is 0.597. The van der Waals surface area contributed by atoms with E-state index in [1.165, 1.54) is 24.1 Å². The van der Waals surface area contributed by atoms with Gasteiger partial charge in [0, 0.05) is 27.9 Å². The summed E-state index contributed by atoms with van der Waals surface area (Å²) in [4.78, 5) is 4.74. The van der Waals surface area contributed by atoms with Crippen LogP contribution in [0.2, 0.25) is 0 Å². The number of benzene rings is 1. The second-order valence-electron chi connectivity index (χ2n) is 4.65. The van der Waals surface area contributed by atoms with E-state index < -0.39 is 0 Å². The van der Waals surface area contributed by atoms with Crippen molar-refractivity contribution in [2.24, 2.45) is 0 Å². The molecule has 0 aliphatic carbocycles. The molecule has 1 saturated heterocycles. The van der Waals surface area contributed by atoms with Crippen molar-refractivity contribution in [3.63, 3.8) is 0 Å². The number of hydrogen-bond acceptors (Lipinski definition) is 3. The highest BCUT2D eigenvalue weighted by atomic mass is 79.9. The molecule has 1 unspecified atom stereocenters. The second-order valence-corrected chi connectivity index (χ2v) is 6.42. The first kappa shape index (κ1) is 12.3. The normalized spacial score (nSPS) is 19.3. The van der Waals surface area contributed by atoms with Crippen molar-refractivity contribution in [2.45, 2.75) is 25.3 Å². The summed E-state index contributed by atoms with van der Waals surface area (Å²) in [6.07, 6.45) is 3.65. The van der Waals surface area contributed by atoms with Gasteiger partial charge in [0.05, 0.1) is 5.69 Å². The monoisotopic (exact) mass is 322 g/mol. The molecule has 1 N–H and O–H groups in total. The molecule has 94 valence electrons. The summed E-state index contributed by atoms with van der Waals surface area (Å²) in [5.41, 5.74) is 2.42. The van der Waals surface area contributed by atoms with Gasteiger partial charge in [-0.25, -0.2) is 4.98 Å². The van der Waals surface area contributed by atoms with Gasteiger partial charge in [0.25, 0.3) is 0 Å². The van der Waals surface area contributed by atoms with Crippen LogP contribution >= 0.6 is 27.3 Å². The van der Waals surface area contributed by atoms with Gasteiger partial charge in [0.1, 0.15) is 5.01 Å². The van der Waals surface area contributed by atoms with E-state index in [0.717, 1.165) is 22.4 Å². The van der Waals surface area contributed by atoms with E-state index in [-0.39, 0.29) is 0 Å². The largest absolute Gasteiger partial charge is 0.314 e. The Labute approximate surface area is 120 Å². The summed E-state index contributed by atoms with van der Waals surface area (Å²) in [6.45, 7) is 1.16. The smallest absolute Gasteiger partial charge is 0.123 e. The third kappa shape index (κ3) is 2.82. The van der Waals surface area contributed by atoms with Gasteiger partial charge < -0.3 is 5.32 Å². The molecule has 0 spiro atoms. The van der Waals surface area contributed by atoms with Crippen LogP contribution < -0.4 is 5.32 Å². The summed E-state index contributed by atoms with van der Waals surface area (Å²) in [6, 6.07) is 8.98. The predicted molar refractivity (Wildman–Crippen MR) is 80.0 cm³/mol. The standard InChI is InChI=1S/C14H15BrN2S/c15-11-5-3-10(4-6-11)14-17-13(9-18-14)8-12-2-1-7-16-12/h3-6,9,12,16H,1-2,7-8H2. The van der Waals surface area contributed by atoms with Crippen LogP contribution in [0.1, 0.15) is 18.5 Å². The molecule has 4 heteroatoms. The first-order valence-electron chi connectivity index (χ1n) is 6.25. The van der Waals surface area contributed by atoms with Gasteiger partial charge in [-0.1, -0.05) is 28.1 Å². The number of nitrogens with one attached hydrogen (secondary N) is 1. The first-order chi connectivity index (χ1) is 8.81. The van der Waals surface area contributed by atoms with Crippen LogP contribution in [0.3, 0.4) is 0 Å². The molecule has 1 aromatic heterocycles. The van der Waals surface area contributed by atoms with Crippen LogP contribution in [0, 0.1) is 0 Å². The molecule has 1 atom stereocenters. The molecule has 3 rings (SSSR count). The zero-order valence-electron chi connectivity index (χ0n) is 10.0. The molecule has 1 fully saturated rings. The average molecular weight is 323 g/mol. The van der Waals surface area contributed by atoms with E-state index in [0.29, 0.717) is 6.04 Å². The van der Waals surface area contributed by atoms with Gasteiger partial charge in [-0.05, 0) is 31.5 Å². The molecule has 0 saturated carbocycles. The van der Waals surface area contributed by atoms with Crippen molar-refractivity contribution in [3.8, 4) is 10.6 Å². The van der Waals surface area contributed by atoms with Gasteiger partial charge in [-0.3, -0.25) is 0 Å². The minimum absolute atomic E-state index is 0.630. The number of nitrogens with zero attached hydrogens (tertiary/aromatic N) is 1. The summed E-state index contributed by atoms with van der Waals surface area (Å²) in [5, 5.41) is 6.83. The number of aromatic nitrogens is 1. The molecule has 1 aliphatic rings. The zero-order valence-corrected chi connectivity index (χ0v) is 12.4. The van der Waals surface area contributed by atoms with Crippen molar-refractivity contribution in [1.82, 2.24) is 10.3 Å². The highest BCUT2D eigenvalue weighted by Gasteiger charge is 2.16. The highest BCUT2D eigenvalue weighted by Crippen LogP contribution is 2.26.